The van der Waals surface area contributed by atoms with Crippen LogP contribution in [0.1, 0.15) is 17.5 Å². The summed E-state index contributed by atoms with van der Waals surface area (Å²) in [6.45, 7) is 2.00. The van der Waals surface area contributed by atoms with Crippen molar-refractivity contribution in [2.24, 2.45) is 5.92 Å². The van der Waals surface area contributed by atoms with Gasteiger partial charge in [0.05, 0.1) is 35.0 Å². The predicted octanol–water partition coefficient (Wildman–Crippen LogP) is 4.67. The number of nitrogens with one attached hydrogen (secondary N) is 1. The van der Waals surface area contributed by atoms with E-state index in [1.807, 2.05) is 13.0 Å². The molecular weight excluding hydrogens is 409 g/mol. The van der Waals surface area contributed by atoms with Crippen molar-refractivity contribution in [3.05, 3.63) is 52.5 Å². The number of nitrogens with zero attached hydrogens (tertiary/aromatic N) is 1. The summed E-state index contributed by atoms with van der Waals surface area (Å²) in [4.78, 5) is 26.5. The Morgan fingerprint density at radius 1 is 1.24 bits per heavy atom. The molecule has 2 aromatic rings. The first-order valence-corrected chi connectivity index (χ1v) is 9.10. The van der Waals surface area contributed by atoms with Crippen molar-refractivity contribution in [1.29, 1.82) is 0 Å². The number of hydrogen-bond acceptors (Lipinski definition) is 3. The van der Waals surface area contributed by atoms with Crippen LogP contribution in [-0.4, -0.2) is 25.5 Å². The van der Waals surface area contributed by atoms with Crippen molar-refractivity contribution in [3.8, 4) is 5.75 Å². The Bertz CT molecular complexity index is 962. The quantitative estimate of drug-likeness (QED) is 0.773. The van der Waals surface area contributed by atoms with Crippen LogP contribution in [0.4, 0.5) is 24.5 Å². The van der Waals surface area contributed by atoms with Gasteiger partial charge in [-0.3, -0.25) is 9.59 Å². The number of alkyl halides is 3. The highest BCUT2D eigenvalue weighted by Gasteiger charge is 2.37. The third-order valence-corrected chi connectivity index (χ3v) is 4.99. The zero-order valence-corrected chi connectivity index (χ0v) is 16.4. The van der Waals surface area contributed by atoms with E-state index in [0.29, 0.717) is 11.4 Å². The van der Waals surface area contributed by atoms with Crippen LogP contribution < -0.4 is 15.0 Å². The average Bonchev–Trinajstić information content (AvgIpc) is 3.04. The summed E-state index contributed by atoms with van der Waals surface area (Å²) >= 11 is 5.89. The van der Waals surface area contributed by atoms with Crippen molar-refractivity contribution >= 4 is 34.8 Å². The molecule has 0 spiro atoms. The third kappa shape index (κ3) is 4.48. The standard InChI is InChI=1S/C20H18ClF3N2O3/c1-11-3-6-17(29-2)16(7-11)26-10-12(8-18(26)27)19(28)25-15-5-4-13(9-14(15)21)20(22,23)24/h3-7,9,12H,8,10H2,1-2H3,(H,25,28)/t12-/m1/s1. The van der Waals surface area contributed by atoms with Gasteiger partial charge in [-0.2, -0.15) is 13.2 Å². The van der Waals surface area contributed by atoms with E-state index in [1.54, 1.807) is 12.1 Å². The highest BCUT2D eigenvalue weighted by molar-refractivity contribution is 6.33. The van der Waals surface area contributed by atoms with Crippen LogP contribution in [0, 0.1) is 12.8 Å². The molecule has 0 aromatic heterocycles. The smallest absolute Gasteiger partial charge is 0.416 e. The van der Waals surface area contributed by atoms with Crippen molar-refractivity contribution in [1.82, 2.24) is 0 Å². The largest absolute Gasteiger partial charge is 0.495 e. The van der Waals surface area contributed by atoms with Crippen molar-refractivity contribution < 1.29 is 27.5 Å². The number of halogens is 4. The minimum Gasteiger partial charge on any atom is -0.495 e. The summed E-state index contributed by atoms with van der Waals surface area (Å²) in [5, 5.41) is 2.29. The molecule has 1 saturated heterocycles. The summed E-state index contributed by atoms with van der Waals surface area (Å²) in [6.07, 6.45) is -4.56. The van der Waals surface area contributed by atoms with Crippen molar-refractivity contribution in [3.63, 3.8) is 0 Å². The highest BCUT2D eigenvalue weighted by atomic mass is 35.5. The molecule has 0 unspecified atom stereocenters. The molecule has 1 atom stereocenters. The number of rotatable bonds is 4. The molecule has 1 aliphatic heterocycles. The Labute approximate surface area is 170 Å². The number of hydrogen-bond donors (Lipinski definition) is 1. The maximum Gasteiger partial charge on any atom is 0.416 e. The molecule has 0 radical (unpaired) electrons. The van der Waals surface area contributed by atoms with Gasteiger partial charge in [-0.25, -0.2) is 0 Å². The van der Waals surface area contributed by atoms with Gasteiger partial charge in [0.25, 0.3) is 0 Å². The van der Waals surface area contributed by atoms with Gasteiger partial charge >= 0.3 is 6.18 Å². The van der Waals surface area contributed by atoms with Gasteiger partial charge in [-0.1, -0.05) is 17.7 Å². The van der Waals surface area contributed by atoms with E-state index >= 15 is 0 Å². The van der Waals surface area contributed by atoms with Crippen molar-refractivity contribution in [2.75, 3.05) is 23.9 Å². The molecule has 154 valence electrons. The molecule has 1 heterocycles. The van der Waals surface area contributed by atoms with Gasteiger partial charge in [0, 0.05) is 13.0 Å². The monoisotopic (exact) mass is 426 g/mol. The molecule has 0 bridgehead atoms. The second kappa shape index (κ2) is 7.94. The van der Waals surface area contributed by atoms with Crippen LogP contribution in [-0.2, 0) is 15.8 Å². The summed E-state index contributed by atoms with van der Waals surface area (Å²) in [7, 11) is 1.49. The van der Waals surface area contributed by atoms with Crippen LogP contribution in [0.3, 0.4) is 0 Å². The Morgan fingerprint density at radius 2 is 1.97 bits per heavy atom. The third-order valence-electron chi connectivity index (χ3n) is 4.68. The SMILES string of the molecule is COc1ccc(C)cc1N1C[C@H](C(=O)Nc2ccc(C(F)(F)F)cc2Cl)CC1=O. The topological polar surface area (TPSA) is 58.6 Å². The molecule has 2 aromatic carbocycles. The molecule has 3 rings (SSSR count). The molecule has 29 heavy (non-hydrogen) atoms. The number of carbonyl (C=O) groups is 2. The molecule has 9 heteroatoms. The number of ether oxygens (including phenoxy) is 1. The fourth-order valence-corrected chi connectivity index (χ4v) is 3.38. The second-order valence-electron chi connectivity index (χ2n) is 6.76. The van der Waals surface area contributed by atoms with Gasteiger partial charge in [0.2, 0.25) is 11.8 Å². The molecular formula is C20H18ClF3N2O3. The predicted molar refractivity (Wildman–Crippen MR) is 103 cm³/mol. The number of aryl methyl sites for hydroxylation is 1. The van der Waals surface area contributed by atoms with E-state index < -0.39 is 23.6 Å². The minimum atomic E-state index is -4.53. The van der Waals surface area contributed by atoms with Crippen molar-refractivity contribution in [2.45, 2.75) is 19.5 Å². The zero-order chi connectivity index (χ0) is 21.3. The van der Waals surface area contributed by atoms with Crippen LogP contribution >= 0.6 is 11.6 Å². The lowest BCUT2D eigenvalue weighted by Gasteiger charge is -2.20. The lowest BCUT2D eigenvalue weighted by molar-refractivity contribution is -0.137. The molecule has 1 N–H and O–H groups in total. The van der Waals surface area contributed by atoms with Gasteiger partial charge in [0.1, 0.15) is 5.75 Å². The van der Waals surface area contributed by atoms with Crippen LogP contribution in [0.25, 0.3) is 0 Å². The van der Waals surface area contributed by atoms with Gasteiger partial charge < -0.3 is 15.0 Å². The summed E-state index contributed by atoms with van der Waals surface area (Å²) in [6, 6.07) is 8.07. The number of methoxy groups -OCH3 is 1. The minimum absolute atomic E-state index is 0.0266. The van der Waals surface area contributed by atoms with E-state index in [4.69, 9.17) is 16.3 Å². The van der Waals surface area contributed by atoms with Gasteiger partial charge in [0.15, 0.2) is 0 Å². The normalized spacial score (nSPS) is 16.8. The number of amides is 2. The fraction of sp³-hybridized carbons (Fsp3) is 0.300. The van der Waals surface area contributed by atoms with Crippen LogP contribution in [0.2, 0.25) is 5.02 Å². The van der Waals surface area contributed by atoms with E-state index in [9.17, 15) is 22.8 Å². The van der Waals surface area contributed by atoms with Crippen LogP contribution in [0.5, 0.6) is 5.75 Å². The van der Waals surface area contributed by atoms with E-state index in [-0.39, 0.29) is 29.6 Å². The summed E-state index contributed by atoms with van der Waals surface area (Å²) < 4.78 is 43.5. The summed E-state index contributed by atoms with van der Waals surface area (Å²) in [5.41, 5.74) is 0.649. The number of carbonyl (C=O) groups excluding carboxylic acids is 2. The van der Waals surface area contributed by atoms with Gasteiger partial charge in [-0.05, 0) is 42.8 Å². The Morgan fingerprint density at radius 3 is 2.59 bits per heavy atom. The Hall–Kier alpha value is -2.74. The zero-order valence-electron chi connectivity index (χ0n) is 15.6. The average molecular weight is 427 g/mol. The van der Waals surface area contributed by atoms with E-state index in [0.717, 1.165) is 23.8 Å². The molecule has 0 saturated carbocycles. The maximum atomic E-state index is 12.7. The molecule has 1 fully saturated rings. The van der Waals surface area contributed by atoms with Crippen LogP contribution in [0.15, 0.2) is 36.4 Å². The Balaban J connectivity index is 1.75. The lowest BCUT2D eigenvalue weighted by atomic mass is 10.1. The molecule has 5 nitrogen and oxygen atoms in total. The van der Waals surface area contributed by atoms with E-state index in [1.165, 1.54) is 12.0 Å². The second-order valence-corrected chi connectivity index (χ2v) is 7.17. The fourth-order valence-electron chi connectivity index (χ4n) is 3.15. The first-order valence-electron chi connectivity index (χ1n) is 8.72. The Kier molecular flexibility index (Phi) is 5.75. The summed E-state index contributed by atoms with van der Waals surface area (Å²) in [5.74, 6) is -0.899. The highest BCUT2D eigenvalue weighted by Crippen LogP contribution is 2.36. The number of benzene rings is 2. The maximum absolute atomic E-state index is 12.7. The first kappa shape index (κ1) is 21.0. The lowest BCUT2D eigenvalue weighted by Crippen LogP contribution is -2.28. The molecule has 1 aliphatic rings. The molecule has 2 amide bonds. The van der Waals surface area contributed by atoms with E-state index in [2.05, 4.69) is 5.32 Å². The first-order chi connectivity index (χ1) is 13.6. The van der Waals surface area contributed by atoms with Gasteiger partial charge in [-0.15, -0.1) is 0 Å². The number of anilines is 2. The molecule has 0 aliphatic carbocycles.